The van der Waals surface area contributed by atoms with E-state index in [0.717, 1.165) is 0 Å². The number of alkyl halides is 26. The summed E-state index contributed by atoms with van der Waals surface area (Å²) in [5, 5.41) is 7.44. The lowest BCUT2D eigenvalue weighted by Crippen LogP contribution is -2.76. The lowest BCUT2D eigenvalue weighted by Gasteiger charge is -2.44. The van der Waals surface area contributed by atoms with Crippen LogP contribution >= 0.6 is 0 Å². The van der Waals surface area contributed by atoms with E-state index < -0.39 is 77.7 Å². The fourth-order valence-electron chi connectivity index (χ4n) is 2.12. The minimum Gasteiger partial charge on any atom is -0.331 e. The molecule has 0 aromatic heterocycles. The van der Waals surface area contributed by atoms with Gasteiger partial charge in [0.1, 0.15) is 0 Å². The SMILES string of the molecule is OC(F)(F)C(F)(F)C(F)(F)C(F)(F)C(F)C(F)(F)C(F)(F)C(F)(F)C(F)(F)C(F)(F)C(F)(F)C(F)(F)C(F)(F)F. The van der Waals surface area contributed by atoms with Gasteiger partial charge in [-0.1, -0.05) is 0 Å². The lowest BCUT2D eigenvalue weighted by atomic mass is 9.85. The van der Waals surface area contributed by atoms with Gasteiger partial charge < -0.3 is 5.11 Å². The van der Waals surface area contributed by atoms with Crippen LogP contribution in [0.3, 0.4) is 0 Å². The average Bonchev–Trinajstić information content (AvgIpc) is 2.70. The molecule has 242 valence electrons. The third-order valence-electron chi connectivity index (χ3n) is 4.57. The van der Waals surface area contributed by atoms with Crippen molar-refractivity contribution >= 4 is 0 Å². The van der Waals surface area contributed by atoms with Gasteiger partial charge in [0.15, 0.2) is 0 Å². The van der Waals surface area contributed by atoms with E-state index in [2.05, 4.69) is 0 Å². The Kier molecular flexibility index (Phi) is 8.65. The molecule has 0 spiro atoms. The quantitative estimate of drug-likeness (QED) is 0.223. The highest BCUT2D eigenvalue weighted by molar-refractivity contribution is 5.18. The third kappa shape index (κ3) is 4.45. The fourth-order valence-corrected chi connectivity index (χ4v) is 2.12. The predicted octanol–water partition coefficient (Wildman–Crippen LogP) is 7.82. The van der Waals surface area contributed by atoms with Crippen molar-refractivity contribution in [2.75, 3.05) is 0 Å². The zero-order chi connectivity index (χ0) is 33.6. The number of rotatable bonds is 11. The second-order valence-electron chi connectivity index (χ2n) is 7.24. The number of hydrogen-bond acceptors (Lipinski definition) is 1. The maximum absolute atomic E-state index is 13.5. The summed E-state index contributed by atoms with van der Waals surface area (Å²) in [6, 6.07) is 0. The van der Waals surface area contributed by atoms with Crippen LogP contribution in [0.2, 0.25) is 0 Å². The molecule has 0 aromatic carbocycles. The molecule has 1 unspecified atom stereocenters. The van der Waals surface area contributed by atoms with Crippen molar-refractivity contribution in [1.82, 2.24) is 0 Å². The Morgan fingerprint density at radius 2 is 0.500 bits per heavy atom. The van der Waals surface area contributed by atoms with Crippen molar-refractivity contribution in [3.63, 3.8) is 0 Å². The van der Waals surface area contributed by atoms with Gasteiger partial charge in [-0.15, -0.1) is 0 Å². The first kappa shape index (κ1) is 38.1. The Morgan fingerprint density at radius 3 is 0.725 bits per heavy atom. The Hall–Kier alpha value is -1.86. The molecule has 0 aliphatic rings. The van der Waals surface area contributed by atoms with Crippen molar-refractivity contribution in [3.05, 3.63) is 0 Å². The highest BCUT2D eigenvalue weighted by Crippen LogP contribution is 2.65. The summed E-state index contributed by atoms with van der Waals surface area (Å²) in [4.78, 5) is 0. The van der Waals surface area contributed by atoms with E-state index in [-0.39, 0.29) is 0 Å². The molecule has 0 heterocycles. The Morgan fingerprint density at radius 1 is 0.300 bits per heavy atom. The van der Waals surface area contributed by atoms with E-state index in [4.69, 9.17) is 5.11 Å². The molecule has 0 saturated heterocycles. The molecule has 0 bridgehead atoms. The molecule has 0 aliphatic heterocycles. The average molecular weight is 668 g/mol. The van der Waals surface area contributed by atoms with Gasteiger partial charge in [-0.05, 0) is 0 Å². The van der Waals surface area contributed by atoms with E-state index in [1.54, 1.807) is 0 Å². The van der Waals surface area contributed by atoms with Crippen LogP contribution in [0, 0.1) is 0 Å². The Labute approximate surface area is 198 Å². The van der Waals surface area contributed by atoms with E-state index in [1.165, 1.54) is 0 Å². The minimum absolute atomic E-state index is 7.44. The number of halogens is 26. The van der Waals surface area contributed by atoms with E-state index in [0.29, 0.717) is 0 Å². The lowest BCUT2D eigenvalue weighted by molar-refractivity contribution is -0.469. The maximum Gasteiger partial charge on any atom is 0.460 e. The van der Waals surface area contributed by atoms with Gasteiger partial charge in [-0.3, -0.25) is 0 Å². The molecule has 0 amide bonds. The van der Waals surface area contributed by atoms with Crippen LogP contribution in [-0.2, 0) is 0 Å². The second-order valence-corrected chi connectivity index (χ2v) is 7.24. The van der Waals surface area contributed by atoms with Gasteiger partial charge >= 0.3 is 71.5 Å². The standard InChI is InChI=1S/C13H2F26O/c14-1(3(17,18)5(21,22)11(33,34)13(38,39)40)2(15,16)4(19,20)6(23,24)7(25,26)8(27,28)9(29,30)10(31,32)12(35,36)37/h1,40H. The zero-order valence-corrected chi connectivity index (χ0v) is 16.9. The van der Waals surface area contributed by atoms with Gasteiger partial charge in [0.05, 0.1) is 0 Å². The van der Waals surface area contributed by atoms with Gasteiger partial charge in [0.25, 0.3) is 0 Å². The van der Waals surface area contributed by atoms with Crippen LogP contribution in [0.1, 0.15) is 0 Å². The molecule has 1 atom stereocenters. The second kappa shape index (κ2) is 9.07. The molecule has 0 saturated carbocycles. The summed E-state index contributed by atoms with van der Waals surface area (Å²) in [6.07, 6.45) is -23.4. The number of hydrogen-bond donors (Lipinski definition) is 1. The summed E-state index contributed by atoms with van der Waals surface area (Å²) in [5.41, 5.74) is 0. The molecule has 27 heteroatoms. The molecular weight excluding hydrogens is 666 g/mol. The third-order valence-corrected chi connectivity index (χ3v) is 4.57. The van der Waals surface area contributed by atoms with Crippen molar-refractivity contribution in [3.8, 4) is 0 Å². The smallest absolute Gasteiger partial charge is 0.331 e. The molecule has 0 fully saturated rings. The van der Waals surface area contributed by atoms with Gasteiger partial charge in [0.2, 0.25) is 6.17 Å². The Balaban J connectivity index is 7.18. The summed E-state index contributed by atoms with van der Waals surface area (Å²) < 4.78 is 336. The van der Waals surface area contributed by atoms with Crippen LogP contribution in [-0.4, -0.2) is 82.8 Å². The maximum atomic E-state index is 13.5. The van der Waals surface area contributed by atoms with Crippen LogP contribution in [0.5, 0.6) is 0 Å². The first-order valence-electron chi connectivity index (χ1n) is 8.24. The first-order chi connectivity index (χ1) is 16.7. The van der Waals surface area contributed by atoms with Gasteiger partial charge in [-0.25, -0.2) is 4.39 Å². The predicted molar refractivity (Wildman–Crippen MR) is 67.6 cm³/mol. The molecule has 40 heavy (non-hydrogen) atoms. The number of aliphatic hydroxyl groups is 1. The summed E-state index contributed by atoms with van der Waals surface area (Å²) in [5.74, 6) is -90.1. The van der Waals surface area contributed by atoms with E-state index in [9.17, 15) is 114 Å². The molecule has 0 aromatic rings. The summed E-state index contributed by atoms with van der Waals surface area (Å²) in [7, 11) is 0. The van der Waals surface area contributed by atoms with Gasteiger partial charge in [0, 0.05) is 0 Å². The summed E-state index contributed by atoms with van der Waals surface area (Å²) >= 11 is 0. The molecule has 0 aliphatic carbocycles. The van der Waals surface area contributed by atoms with Crippen LogP contribution < -0.4 is 0 Å². The molecule has 1 N–H and O–H groups in total. The molecule has 1 nitrogen and oxygen atoms in total. The highest BCUT2D eigenvalue weighted by atomic mass is 19.4. The zero-order valence-electron chi connectivity index (χ0n) is 16.9. The molecule has 0 radical (unpaired) electrons. The van der Waals surface area contributed by atoms with Crippen molar-refractivity contribution < 1.29 is 119 Å². The molecular formula is C13H2F26O. The van der Waals surface area contributed by atoms with Crippen LogP contribution in [0.4, 0.5) is 114 Å². The van der Waals surface area contributed by atoms with Crippen LogP contribution in [0.15, 0.2) is 0 Å². The monoisotopic (exact) mass is 668 g/mol. The first-order valence-corrected chi connectivity index (χ1v) is 8.24. The minimum atomic E-state index is -9.50. The van der Waals surface area contributed by atoms with Crippen molar-refractivity contribution in [2.45, 2.75) is 77.7 Å². The van der Waals surface area contributed by atoms with E-state index in [1.807, 2.05) is 0 Å². The van der Waals surface area contributed by atoms with Crippen LogP contribution in [0.25, 0.3) is 0 Å². The van der Waals surface area contributed by atoms with Crippen molar-refractivity contribution in [2.24, 2.45) is 0 Å². The topological polar surface area (TPSA) is 20.2 Å². The normalized spacial score (nSPS) is 17.8. The largest absolute Gasteiger partial charge is 0.460 e. The highest BCUT2D eigenvalue weighted by Gasteiger charge is 2.97. The summed E-state index contributed by atoms with van der Waals surface area (Å²) in [6.45, 7) is 0. The van der Waals surface area contributed by atoms with Gasteiger partial charge in [-0.2, -0.15) is 110 Å². The van der Waals surface area contributed by atoms with E-state index >= 15 is 0 Å². The molecule has 0 rings (SSSR count). The fraction of sp³-hybridized carbons (Fsp3) is 1.00. The van der Waals surface area contributed by atoms with Crippen molar-refractivity contribution in [1.29, 1.82) is 0 Å². The Bertz CT molecular complexity index is 918.